The number of fused-ring (bicyclic) bond motifs is 1. The molecule has 3 heterocycles. The van der Waals surface area contributed by atoms with Gasteiger partial charge in [-0.25, -0.2) is 4.98 Å². The van der Waals surface area contributed by atoms with Gasteiger partial charge in [0.05, 0.1) is 6.26 Å². The van der Waals surface area contributed by atoms with E-state index in [-0.39, 0.29) is 0 Å². The number of hydrogen-bond acceptors (Lipinski definition) is 4. The van der Waals surface area contributed by atoms with Crippen LogP contribution in [0, 0.1) is 0 Å². The van der Waals surface area contributed by atoms with Crippen LogP contribution >= 0.6 is 0 Å². The summed E-state index contributed by atoms with van der Waals surface area (Å²) in [5.74, 6) is 2.51. The van der Waals surface area contributed by atoms with Gasteiger partial charge in [-0.1, -0.05) is 49.6 Å². The van der Waals surface area contributed by atoms with Gasteiger partial charge in [-0.05, 0) is 42.7 Å². The largest absolute Gasteiger partial charge is 0.485 e. The van der Waals surface area contributed by atoms with Crippen LogP contribution in [0.25, 0.3) is 17.1 Å². The molecule has 0 atom stereocenters. The first-order valence-electron chi connectivity index (χ1n) is 10.4. The van der Waals surface area contributed by atoms with Crippen LogP contribution in [0.15, 0.2) is 71.5 Å². The van der Waals surface area contributed by atoms with Crippen LogP contribution in [0.1, 0.15) is 37.7 Å². The minimum atomic E-state index is 0.464. The number of aromatic nitrogens is 2. The predicted molar refractivity (Wildman–Crippen MR) is 114 cm³/mol. The summed E-state index contributed by atoms with van der Waals surface area (Å²) in [5, 5.41) is 3.75. The summed E-state index contributed by atoms with van der Waals surface area (Å²) in [6.45, 7) is 0.509. The quantitative estimate of drug-likeness (QED) is 0.446. The second-order valence-corrected chi connectivity index (χ2v) is 7.61. The maximum Gasteiger partial charge on any atom is 0.182 e. The fourth-order valence-corrected chi connectivity index (χ4v) is 4.05. The van der Waals surface area contributed by atoms with Gasteiger partial charge in [0.25, 0.3) is 0 Å². The monoisotopic (exact) mass is 387 g/mol. The number of anilines is 1. The highest BCUT2D eigenvalue weighted by molar-refractivity contribution is 5.76. The van der Waals surface area contributed by atoms with Crippen molar-refractivity contribution in [2.45, 2.75) is 44.8 Å². The molecule has 0 amide bonds. The molecule has 1 N–H and O–H groups in total. The first-order valence-corrected chi connectivity index (χ1v) is 10.4. The van der Waals surface area contributed by atoms with Crippen molar-refractivity contribution in [1.82, 2.24) is 9.38 Å². The Hall–Kier alpha value is -3.21. The van der Waals surface area contributed by atoms with E-state index in [0.29, 0.717) is 12.6 Å². The molecule has 0 spiro atoms. The third kappa shape index (κ3) is 3.73. The molecule has 0 radical (unpaired) electrons. The Labute approximate surface area is 170 Å². The van der Waals surface area contributed by atoms with Crippen LogP contribution in [-0.2, 0) is 6.61 Å². The second kappa shape index (κ2) is 8.03. The highest BCUT2D eigenvalue weighted by Crippen LogP contribution is 2.34. The van der Waals surface area contributed by atoms with Gasteiger partial charge in [0.2, 0.25) is 0 Å². The van der Waals surface area contributed by atoms with Crippen LogP contribution in [0.4, 0.5) is 5.82 Å². The molecule has 1 saturated carbocycles. The molecule has 29 heavy (non-hydrogen) atoms. The number of nitrogens with zero attached hydrogens (tertiary/aromatic N) is 2. The van der Waals surface area contributed by atoms with E-state index in [4.69, 9.17) is 14.1 Å². The molecule has 1 aromatic carbocycles. The van der Waals surface area contributed by atoms with Crippen molar-refractivity contribution >= 4 is 11.5 Å². The normalized spacial score (nSPS) is 14.9. The number of furan rings is 1. The summed E-state index contributed by atoms with van der Waals surface area (Å²) in [6, 6.07) is 18.5. The molecule has 0 unspecified atom stereocenters. The summed E-state index contributed by atoms with van der Waals surface area (Å²) in [6.07, 6.45) is 9.98. The third-order valence-corrected chi connectivity index (χ3v) is 5.55. The van der Waals surface area contributed by atoms with E-state index in [1.807, 2.05) is 48.7 Å². The molecule has 5 nitrogen and oxygen atoms in total. The number of nitrogens with one attached hydrogen (secondary N) is 1. The van der Waals surface area contributed by atoms with E-state index in [1.165, 1.54) is 32.1 Å². The predicted octanol–water partition coefficient (Wildman–Crippen LogP) is 5.92. The van der Waals surface area contributed by atoms with Crippen molar-refractivity contribution in [2.75, 3.05) is 5.32 Å². The molecule has 5 rings (SSSR count). The highest BCUT2D eigenvalue weighted by Gasteiger charge is 2.22. The van der Waals surface area contributed by atoms with Crippen LogP contribution in [0.5, 0.6) is 5.75 Å². The van der Waals surface area contributed by atoms with Gasteiger partial charge in [0, 0.05) is 12.2 Å². The molecule has 3 aromatic heterocycles. The maximum absolute atomic E-state index is 6.14. The van der Waals surface area contributed by atoms with E-state index >= 15 is 0 Å². The number of hydrogen-bond donors (Lipinski definition) is 1. The number of pyridine rings is 1. The van der Waals surface area contributed by atoms with Crippen LogP contribution in [-0.4, -0.2) is 15.4 Å². The van der Waals surface area contributed by atoms with Gasteiger partial charge in [-0.2, -0.15) is 0 Å². The molecule has 1 aliphatic carbocycles. The Morgan fingerprint density at radius 1 is 1.00 bits per heavy atom. The Morgan fingerprint density at radius 2 is 1.86 bits per heavy atom. The SMILES string of the molecule is c1ccc(COc2cccn3c(NC4CCCCC4)c(-c4ccco4)nc23)cc1. The first-order chi connectivity index (χ1) is 14.4. The van der Waals surface area contributed by atoms with Gasteiger partial charge in [0.1, 0.15) is 18.1 Å². The van der Waals surface area contributed by atoms with E-state index in [1.54, 1.807) is 6.26 Å². The van der Waals surface area contributed by atoms with Crippen LogP contribution < -0.4 is 10.1 Å². The zero-order valence-corrected chi connectivity index (χ0v) is 16.4. The molecule has 0 saturated heterocycles. The smallest absolute Gasteiger partial charge is 0.182 e. The molecule has 0 bridgehead atoms. The molecular weight excluding hydrogens is 362 g/mol. The number of rotatable bonds is 6. The zero-order valence-electron chi connectivity index (χ0n) is 16.4. The molecule has 148 valence electrons. The molecule has 5 heteroatoms. The molecular formula is C24H25N3O2. The lowest BCUT2D eigenvalue weighted by molar-refractivity contribution is 0.308. The Kier molecular flexibility index (Phi) is 4.95. The summed E-state index contributed by atoms with van der Waals surface area (Å²) < 4.78 is 13.9. The van der Waals surface area contributed by atoms with Crippen LogP contribution in [0.2, 0.25) is 0 Å². The number of imidazole rings is 1. The number of ether oxygens (including phenoxy) is 1. The molecule has 4 aromatic rings. The minimum absolute atomic E-state index is 0.464. The van der Waals surface area contributed by atoms with Crippen molar-refractivity contribution in [2.24, 2.45) is 0 Å². The van der Waals surface area contributed by atoms with Gasteiger partial charge in [-0.3, -0.25) is 4.40 Å². The fourth-order valence-electron chi connectivity index (χ4n) is 4.05. The van der Waals surface area contributed by atoms with Crippen molar-refractivity contribution in [3.63, 3.8) is 0 Å². The van der Waals surface area contributed by atoms with Crippen molar-refractivity contribution in [1.29, 1.82) is 0 Å². The topological polar surface area (TPSA) is 51.7 Å². The zero-order chi connectivity index (χ0) is 19.5. The standard InChI is InChI=1S/C24H25N3O2/c1-3-9-18(10-4-1)17-29-21-13-7-15-27-23(21)26-22(20-14-8-16-28-20)24(27)25-19-11-5-2-6-12-19/h1,3-4,7-10,13-16,19,25H,2,5-6,11-12,17H2. The van der Waals surface area contributed by atoms with E-state index < -0.39 is 0 Å². The Morgan fingerprint density at radius 3 is 2.66 bits per heavy atom. The van der Waals surface area contributed by atoms with Gasteiger partial charge in [-0.15, -0.1) is 0 Å². The van der Waals surface area contributed by atoms with Gasteiger partial charge >= 0.3 is 0 Å². The first kappa shape index (κ1) is 17.9. The Balaban J connectivity index is 1.52. The molecule has 1 aliphatic rings. The fraction of sp³-hybridized carbons (Fsp3) is 0.292. The summed E-state index contributed by atoms with van der Waals surface area (Å²) in [5.41, 5.74) is 2.76. The van der Waals surface area contributed by atoms with E-state index in [9.17, 15) is 0 Å². The lowest BCUT2D eigenvalue weighted by atomic mass is 9.95. The summed E-state index contributed by atoms with van der Waals surface area (Å²) in [4.78, 5) is 4.91. The van der Waals surface area contributed by atoms with Crippen molar-refractivity contribution < 1.29 is 9.15 Å². The number of benzene rings is 1. The lowest BCUT2D eigenvalue weighted by Gasteiger charge is -2.24. The average molecular weight is 387 g/mol. The summed E-state index contributed by atoms with van der Waals surface area (Å²) in [7, 11) is 0. The van der Waals surface area contributed by atoms with Crippen molar-refractivity contribution in [3.8, 4) is 17.2 Å². The van der Waals surface area contributed by atoms with E-state index in [2.05, 4.69) is 21.9 Å². The second-order valence-electron chi connectivity index (χ2n) is 7.61. The molecule has 1 fully saturated rings. The third-order valence-electron chi connectivity index (χ3n) is 5.55. The highest BCUT2D eigenvalue weighted by atomic mass is 16.5. The van der Waals surface area contributed by atoms with Gasteiger partial charge in [0.15, 0.2) is 17.2 Å². The molecule has 0 aliphatic heterocycles. The van der Waals surface area contributed by atoms with Crippen LogP contribution in [0.3, 0.4) is 0 Å². The average Bonchev–Trinajstić information content (AvgIpc) is 3.42. The summed E-state index contributed by atoms with van der Waals surface area (Å²) >= 11 is 0. The minimum Gasteiger partial charge on any atom is -0.485 e. The van der Waals surface area contributed by atoms with E-state index in [0.717, 1.165) is 34.2 Å². The Bertz CT molecular complexity index is 1060. The van der Waals surface area contributed by atoms with Gasteiger partial charge < -0.3 is 14.5 Å². The van der Waals surface area contributed by atoms with Crippen molar-refractivity contribution in [3.05, 3.63) is 72.6 Å². The lowest BCUT2D eigenvalue weighted by Crippen LogP contribution is -2.23. The maximum atomic E-state index is 6.14.